The zero-order valence-electron chi connectivity index (χ0n) is 13.0. The van der Waals surface area contributed by atoms with Crippen molar-refractivity contribution in [3.63, 3.8) is 0 Å². The highest BCUT2D eigenvalue weighted by molar-refractivity contribution is 7.90. The van der Waals surface area contributed by atoms with E-state index in [0.717, 1.165) is 26.1 Å². The largest absolute Gasteiger partial charge is 0.465 e. The van der Waals surface area contributed by atoms with Gasteiger partial charge in [-0.3, -0.25) is 0 Å². The maximum Gasteiger partial charge on any atom is 0.339 e. The summed E-state index contributed by atoms with van der Waals surface area (Å²) in [5, 5.41) is 0.865. The summed E-state index contributed by atoms with van der Waals surface area (Å²) in [6, 6.07) is 6.34. The van der Waals surface area contributed by atoms with Crippen LogP contribution in [0.3, 0.4) is 0 Å². The van der Waals surface area contributed by atoms with E-state index in [2.05, 4.69) is 9.72 Å². The summed E-state index contributed by atoms with van der Waals surface area (Å²) in [6.07, 6.45) is 2.58. The Morgan fingerprint density at radius 1 is 1.22 bits per heavy atom. The Balaban J connectivity index is 2.10. The van der Waals surface area contributed by atoms with E-state index in [9.17, 15) is 13.2 Å². The maximum atomic E-state index is 12.7. The summed E-state index contributed by atoms with van der Waals surface area (Å²) in [5.41, 5.74) is 3.09. The Morgan fingerprint density at radius 3 is 2.65 bits per heavy atom. The Kier molecular flexibility index (Phi) is 3.52. The molecule has 1 aromatic carbocycles. The average molecular weight is 332 g/mol. The Bertz CT molecular complexity index is 1010. The van der Waals surface area contributed by atoms with E-state index in [-0.39, 0.29) is 10.5 Å². The second kappa shape index (κ2) is 5.27. The van der Waals surface area contributed by atoms with Crippen molar-refractivity contribution in [2.75, 3.05) is 7.11 Å². The lowest BCUT2D eigenvalue weighted by molar-refractivity contribution is 0.0601. The smallest absolute Gasteiger partial charge is 0.339 e. The molecule has 0 bridgehead atoms. The lowest BCUT2D eigenvalue weighted by Gasteiger charge is -2.06. The number of H-pyrrole nitrogens is 1. The highest BCUT2D eigenvalue weighted by Gasteiger charge is 2.20. The van der Waals surface area contributed by atoms with Crippen LogP contribution in [0.2, 0.25) is 0 Å². The number of ether oxygens (including phenoxy) is 1. The van der Waals surface area contributed by atoms with Gasteiger partial charge in [-0.05, 0) is 43.7 Å². The van der Waals surface area contributed by atoms with Gasteiger partial charge in [0.1, 0.15) is 0 Å². The van der Waals surface area contributed by atoms with Gasteiger partial charge < -0.3 is 9.72 Å². The molecule has 2 aromatic heterocycles. The van der Waals surface area contributed by atoms with Crippen molar-refractivity contribution >= 4 is 26.9 Å². The van der Waals surface area contributed by atoms with E-state index in [1.54, 1.807) is 18.2 Å². The summed E-state index contributed by atoms with van der Waals surface area (Å²) in [6.45, 7) is 3.88. The highest BCUT2D eigenvalue weighted by Crippen LogP contribution is 2.25. The van der Waals surface area contributed by atoms with E-state index < -0.39 is 16.0 Å². The number of aryl methyl sites for hydroxylation is 2. The molecule has 0 unspecified atom stereocenters. The predicted molar refractivity (Wildman–Crippen MR) is 86.1 cm³/mol. The van der Waals surface area contributed by atoms with E-state index in [4.69, 9.17) is 0 Å². The van der Waals surface area contributed by atoms with Crippen molar-refractivity contribution in [2.45, 2.75) is 18.7 Å². The standard InChI is InChI=1S/C16H16N2O4S/c1-10-11(2)17-15-5-4-13(8-14(10)15)23(20,21)18-7-6-12(9-18)16(19)22-3/h4-9,17H,1-3H3. The molecule has 0 aliphatic rings. The van der Waals surface area contributed by atoms with Gasteiger partial charge in [0.15, 0.2) is 0 Å². The molecule has 120 valence electrons. The van der Waals surface area contributed by atoms with Gasteiger partial charge in [0, 0.05) is 29.0 Å². The fourth-order valence-electron chi connectivity index (χ4n) is 2.49. The molecule has 0 spiro atoms. The van der Waals surface area contributed by atoms with Crippen molar-refractivity contribution in [1.29, 1.82) is 0 Å². The van der Waals surface area contributed by atoms with Crippen LogP contribution in [0.1, 0.15) is 21.6 Å². The molecule has 0 fully saturated rings. The number of nitrogens with zero attached hydrogens (tertiary/aromatic N) is 1. The number of aromatic amines is 1. The number of rotatable bonds is 3. The quantitative estimate of drug-likeness (QED) is 0.748. The maximum absolute atomic E-state index is 12.7. The van der Waals surface area contributed by atoms with E-state index in [1.165, 1.54) is 25.6 Å². The third kappa shape index (κ3) is 2.43. The SMILES string of the molecule is COC(=O)c1ccn(S(=O)(=O)c2ccc3[nH]c(C)c(C)c3c2)c1. The second-order valence-electron chi connectivity index (χ2n) is 5.31. The van der Waals surface area contributed by atoms with Gasteiger partial charge in [0.25, 0.3) is 10.0 Å². The molecular formula is C16H16N2O4S. The van der Waals surface area contributed by atoms with Gasteiger partial charge in [-0.25, -0.2) is 17.2 Å². The van der Waals surface area contributed by atoms with Crippen LogP contribution in [0, 0.1) is 13.8 Å². The van der Waals surface area contributed by atoms with Crippen molar-refractivity contribution in [3.05, 3.63) is 53.5 Å². The number of nitrogens with one attached hydrogen (secondary N) is 1. The van der Waals surface area contributed by atoms with Crippen molar-refractivity contribution in [2.24, 2.45) is 0 Å². The Morgan fingerprint density at radius 2 is 1.96 bits per heavy atom. The molecule has 6 nitrogen and oxygen atoms in total. The van der Waals surface area contributed by atoms with Crippen LogP contribution in [0.25, 0.3) is 10.9 Å². The molecule has 0 aliphatic heterocycles. The summed E-state index contributed by atoms with van der Waals surface area (Å²) >= 11 is 0. The minimum absolute atomic E-state index is 0.166. The number of fused-ring (bicyclic) bond motifs is 1. The van der Waals surface area contributed by atoms with Crippen molar-refractivity contribution in [3.8, 4) is 0 Å². The van der Waals surface area contributed by atoms with Gasteiger partial charge in [0.05, 0.1) is 17.6 Å². The van der Waals surface area contributed by atoms with Crippen LogP contribution in [-0.2, 0) is 14.8 Å². The third-order valence-electron chi connectivity index (χ3n) is 3.94. The fraction of sp³-hybridized carbons (Fsp3) is 0.188. The van der Waals surface area contributed by atoms with E-state index in [0.29, 0.717) is 0 Å². The fourth-order valence-corrected chi connectivity index (χ4v) is 3.71. The summed E-state index contributed by atoms with van der Waals surface area (Å²) < 4.78 is 31.1. The number of methoxy groups -OCH3 is 1. The summed E-state index contributed by atoms with van der Waals surface area (Å²) in [4.78, 5) is 14.9. The third-order valence-corrected chi connectivity index (χ3v) is 5.58. The molecule has 0 saturated carbocycles. The molecule has 7 heteroatoms. The van der Waals surface area contributed by atoms with Crippen molar-refractivity contribution in [1.82, 2.24) is 8.96 Å². The number of carbonyl (C=O) groups is 1. The second-order valence-corrected chi connectivity index (χ2v) is 7.15. The first-order valence-electron chi connectivity index (χ1n) is 6.95. The van der Waals surface area contributed by atoms with Crippen LogP contribution < -0.4 is 0 Å². The average Bonchev–Trinajstić information content (AvgIpc) is 3.13. The minimum atomic E-state index is -3.76. The van der Waals surface area contributed by atoms with E-state index >= 15 is 0 Å². The normalized spacial score (nSPS) is 11.8. The zero-order valence-corrected chi connectivity index (χ0v) is 13.8. The topological polar surface area (TPSA) is 81.2 Å². The molecule has 1 N–H and O–H groups in total. The van der Waals surface area contributed by atoms with Gasteiger partial charge in [-0.2, -0.15) is 0 Å². The first kappa shape index (κ1) is 15.4. The van der Waals surface area contributed by atoms with Crippen LogP contribution >= 0.6 is 0 Å². The highest BCUT2D eigenvalue weighted by atomic mass is 32.2. The van der Waals surface area contributed by atoms with Crippen LogP contribution in [-0.4, -0.2) is 30.5 Å². The van der Waals surface area contributed by atoms with Crippen LogP contribution in [0.5, 0.6) is 0 Å². The number of aromatic nitrogens is 2. The molecule has 0 atom stereocenters. The molecule has 3 aromatic rings. The lowest BCUT2D eigenvalue weighted by atomic mass is 10.1. The summed E-state index contributed by atoms with van der Waals surface area (Å²) in [7, 11) is -2.51. The zero-order chi connectivity index (χ0) is 16.8. The number of hydrogen-bond acceptors (Lipinski definition) is 4. The Hall–Kier alpha value is -2.54. The van der Waals surface area contributed by atoms with Crippen molar-refractivity contribution < 1.29 is 17.9 Å². The number of esters is 1. The monoisotopic (exact) mass is 332 g/mol. The first-order chi connectivity index (χ1) is 10.8. The number of benzene rings is 1. The number of hydrogen-bond donors (Lipinski definition) is 1. The molecule has 2 heterocycles. The Labute approximate surface area is 133 Å². The molecule has 0 radical (unpaired) electrons. The molecule has 3 rings (SSSR count). The van der Waals surface area contributed by atoms with Crippen LogP contribution in [0.4, 0.5) is 0 Å². The molecule has 23 heavy (non-hydrogen) atoms. The molecule has 0 amide bonds. The molecule has 0 saturated heterocycles. The lowest BCUT2D eigenvalue weighted by Crippen LogP contribution is -2.11. The van der Waals surface area contributed by atoms with Gasteiger partial charge >= 0.3 is 5.97 Å². The van der Waals surface area contributed by atoms with E-state index in [1.807, 2.05) is 13.8 Å². The van der Waals surface area contributed by atoms with Gasteiger partial charge in [-0.15, -0.1) is 0 Å². The summed E-state index contributed by atoms with van der Waals surface area (Å²) in [5.74, 6) is -0.577. The van der Waals surface area contributed by atoms with Crippen LogP contribution in [0.15, 0.2) is 41.6 Å². The van der Waals surface area contributed by atoms with Gasteiger partial charge in [-0.1, -0.05) is 0 Å². The predicted octanol–water partition coefficient (Wildman–Crippen LogP) is 2.61. The molecular weight excluding hydrogens is 316 g/mol. The van der Waals surface area contributed by atoms with Gasteiger partial charge in [0.2, 0.25) is 0 Å². The molecule has 0 aliphatic carbocycles. The first-order valence-corrected chi connectivity index (χ1v) is 8.39. The number of carbonyl (C=O) groups excluding carboxylic acids is 1. The minimum Gasteiger partial charge on any atom is -0.465 e.